The number of allylic oxidation sites excluding steroid dienone is 1. The molecule has 0 aromatic carbocycles. The predicted molar refractivity (Wildman–Crippen MR) is 45.8 cm³/mol. The van der Waals surface area contributed by atoms with Crippen LogP contribution in [0.5, 0.6) is 0 Å². The number of carbonyl (C=O) groups is 1. The number of methoxy groups -OCH3 is 1. The van der Waals surface area contributed by atoms with Crippen LogP contribution < -0.4 is 5.73 Å². The zero-order chi connectivity index (χ0) is 8.97. The van der Waals surface area contributed by atoms with E-state index in [-0.39, 0.29) is 5.70 Å². The summed E-state index contributed by atoms with van der Waals surface area (Å²) in [7, 11) is 1.29. The second-order valence-electron chi connectivity index (χ2n) is 2.64. The minimum atomic E-state index is -0.516. The van der Waals surface area contributed by atoms with Crippen molar-refractivity contribution in [2.45, 2.75) is 18.9 Å². The van der Waals surface area contributed by atoms with Gasteiger partial charge in [0.25, 0.3) is 0 Å². The van der Waals surface area contributed by atoms with Crippen molar-refractivity contribution >= 4 is 12.2 Å². The summed E-state index contributed by atoms with van der Waals surface area (Å²) < 4.78 is 4.39. The van der Waals surface area contributed by atoms with Crippen molar-refractivity contribution in [1.82, 2.24) is 0 Å². The van der Waals surface area contributed by atoms with Gasteiger partial charge in [0.05, 0.1) is 13.2 Å². The lowest BCUT2D eigenvalue weighted by Gasteiger charge is -1.94. The first-order chi connectivity index (χ1) is 5.74. The van der Waals surface area contributed by atoms with Gasteiger partial charge in [-0.2, -0.15) is 0 Å². The van der Waals surface area contributed by atoms with Crippen LogP contribution in [0, 0.1) is 0 Å². The minimum absolute atomic E-state index is 0.0851. The standard InChI is InChI=1S/C8H12N2O2/c1-12-8(11)7(9)4-5-10-6-2-3-6/h4-6H,2-3,9H2,1H3. The summed E-state index contributed by atoms with van der Waals surface area (Å²) in [5, 5.41) is 0. The molecule has 4 nitrogen and oxygen atoms in total. The fourth-order valence-corrected chi connectivity index (χ4v) is 0.655. The fraction of sp³-hybridized carbons (Fsp3) is 0.500. The van der Waals surface area contributed by atoms with Gasteiger partial charge in [0.1, 0.15) is 5.70 Å². The number of nitrogens with two attached hydrogens (primary N) is 1. The fourth-order valence-electron chi connectivity index (χ4n) is 0.655. The largest absolute Gasteiger partial charge is 0.464 e. The summed E-state index contributed by atoms with van der Waals surface area (Å²) in [6.07, 6.45) is 5.30. The van der Waals surface area contributed by atoms with Crippen LogP contribution >= 0.6 is 0 Å². The Bertz CT molecular complexity index is 229. The van der Waals surface area contributed by atoms with Crippen molar-refractivity contribution in [1.29, 1.82) is 0 Å². The van der Waals surface area contributed by atoms with Crippen LogP contribution in [0.25, 0.3) is 0 Å². The summed E-state index contributed by atoms with van der Waals surface area (Å²) in [5.74, 6) is -0.516. The molecule has 0 heterocycles. The van der Waals surface area contributed by atoms with Gasteiger partial charge < -0.3 is 10.5 Å². The Balaban J connectivity index is 2.38. The number of rotatable bonds is 3. The van der Waals surface area contributed by atoms with Crippen LogP contribution in [-0.4, -0.2) is 25.3 Å². The second kappa shape index (κ2) is 3.90. The number of esters is 1. The molecule has 0 saturated heterocycles. The summed E-state index contributed by atoms with van der Waals surface area (Å²) >= 11 is 0. The Hall–Kier alpha value is -1.32. The van der Waals surface area contributed by atoms with Gasteiger partial charge >= 0.3 is 5.97 Å². The van der Waals surface area contributed by atoms with Crippen molar-refractivity contribution in [3.8, 4) is 0 Å². The Morgan fingerprint density at radius 1 is 1.67 bits per heavy atom. The molecule has 1 rings (SSSR count). The van der Waals surface area contributed by atoms with Gasteiger partial charge in [0.15, 0.2) is 0 Å². The van der Waals surface area contributed by atoms with E-state index < -0.39 is 5.97 Å². The summed E-state index contributed by atoms with van der Waals surface area (Å²) in [6.45, 7) is 0. The van der Waals surface area contributed by atoms with Gasteiger partial charge in [0, 0.05) is 6.21 Å². The lowest BCUT2D eigenvalue weighted by atomic mass is 10.4. The van der Waals surface area contributed by atoms with Crippen molar-refractivity contribution in [2.75, 3.05) is 7.11 Å². The monoisotopic (exact) mass is 168 g/mol. The molecule has 0 unspecified atom stereocenters. The van der Waals surface area contributed by atoms with Crippen molar-refractivity contribution in [3.05, 3.63) is 11.8 Å². The zero-order valence-corrected chi connectivity index (χ0v) is 6.99. The van der Waals surface area contributed by atoms with Gasteiger partial charge in [-0.15, -0.1) is 0 Å². The molecule has 0 bridgehead atoms. The number of ether oxygens (including phenoxy) is 1. The maximum Gasteiger partial charge on any atom is 0.353 e. The molecule has 0 aliphatic heterocycles. The SMILES string of the molecule is COC(=O)C(N)=CC=NC1CC1. The number of hydrogen-bond donors (Lipinski definition) is 1. The van der Waals surface area contributed by atoms with E-state index in [4.69, 9.17) is 5.73 Å². The average Bonchev–Trinajstić information content (AvgIpc) is 2.86. The highest BCUT2D eigenvalue weighted by Gasteiger charge is 2.18. The van der Waals surface area contributed by atoms with Crippen LogP contribution in [0.15, 0.2) is 16.8 Å². The Kier molecular flexibility index (Phi) is 2.85. The van der Waals surface area contributed by atoms with E-state index in [0.29, 0.717) is 6.04 Å². The maximum atomic E-state index is 10.7. The molecular weight excluding hydrogens is 156 g/mol. The highest BCUT2D eigenvalue weighted by Crippen LogP contribution is 2.22. The third kappa shape index (κ3) is 2.74. The van der Waals surface area contributed by atoms with Gasteiger partial charge in [-0.1, -0.05) is 0 Å². The normalized spacial score (nSPS) is 18.2. The summed E-state index contributed by atoms with van der Waals surface area (Å²) in [6, 6.07) is 0.451. The van der Waals surface area contributed by atoms with E-state index in [1.165, 1.54) is 13.2 Å². The van der Waals surface area contributed by atoms with Gasteiger partial charge in [-0.3, -0.25) is 4.99 Å². The molecule has 1 aliphatic rings. The average molecular weight is 168 g/mol. The molecule has 4 heteroatoms. The summed E-state index contributed by atoms with van der Waals surface area (Å²) in [5.41, 5.74) is 5.41. The van der Waals surface area contributed by atoms with E-state index >= 15 is 0 Å². The van der Waals surface area contributed by atoms with Crippen LogP contribution in [0.4, 0.5) is 0 Å². The smallest absolute Gasteiger partial charge is 0.353 e. The molecule has 1 saturated carbocycles. The molecule has 2 N–H and O–H groups in total. The topological polar surface area (TPSA) is 64.7 Å². The molecule has 0 aromatic heterocycles. The second-order valence-corrected chi connectivity index (χ2v) is 2.64. The molecule has 0 amide bonds. The third-order valence-corrected chi connectivity index (χ3v) is 1.52. The number of carbonyl (C=O) groups excluding carboxylic acids is 1. The van der Waals surface area contributed by atoms with Crippen molar-refractivity contribution in [3.63, 3.8) is 0 Å². The number of hydrogen-bond acceptors (Lipinski definition) is 4. The van der Waals surface area contributed by atoms with Gasteiger partial charge in [-0.05, 0) is 18.9 Å². The van der Waals surface area contributed by atoms with E-state index in [1.54, 1.807) is 6.21 Å². The first kappa shape index (κ1) is 8.77. The lowest BCUT2D eigenvalue weighted by Crippen LogP contribution is -2.12. The van der Waals surface area contributed by atoms with E-state index in [0.717, 1.165) is 12.8 Å². The third-order valence-electron chi connectivity index (χ3n) is 1.52. The van der Waals surface area contributed by atoms with Gasteiger partial charge in [0.2, 0.25) is 0 Å². The first-order valence-electron chi connectivity index (χ1n) is 3.81. The molecule has 66 valence electrons. The first-order valence-corrected chi connectivity index (χ1v) is 3.81. The molecule has 1 fully saturated rings. The quantitative estimate of drug-likeness (QED) is 0.373. The molecule has 0 radical (unpaired) electrons. The Labute approximate surface area is 71.1 Å². The zero-order valence-electron chi connectivity index (χ0n) is 6.99. The number of nitrogens with zero attached hydrogens (tertiary/aromatic N) is 1. The van der Waals surface area contributed by atoms with Crippen molar-refractivity contribution < 1.29 is 9.53 Å². The highest BCUT2D eigenvalue weighted by molar-refractivity contribution is 5.92. The molecule has 1 aliphatic carbocycles. The van der Waals surface area contributed by atoms with E-state index in [9.17, 15) is 4.79 Å². The minimum Gasteiger partial charge on any atom is -0.464 e. The van der Waals surface area contributed by atoms with Crippen LogP contribution in [0.2, 0.25) is 0 Å². The van der Waals surface area contributed by atoms with E-state index in [1.807, 2.05) is 0 Å². The van der Waals surface area contributed by atoms with Crippen molar-refractivity contribution in [2.24, 2.45) is 10.7 Å². The molecule has 0 aromatic rings. The molecule has 0 atom stereocenters. The highest BCUT2D eigenvalue weighted by atomic mass is 16.5. The summed E-state index contributed by atoms with van der Waals surface area (Å²) in [4.78, 5) is 14.8. The molecular formula is C8H12N2O2. The molecule has 0 spiro atoms. The van der Waals surface area contributed by atoms with Gasteiger partial charge in [-0.25, -0.2) is 4.79 Å². The van der Waals surface area contributed by atoms with Crippen LogP contribution in [0.3, 0.4) is 0 Å². The predicted octanol–water partition coefficient (Wildman–Crippen LogP) is 0.235. The van der Waals surface area contributed by atoms with E-state index in [2.05, 4.69) is 9.73 Å². The van der Waals surface area contributed by atoms with Crippen LogP contribution in [0.1, 0.15) is 12.8 Å². The molecule has 12 heavy (non-hydrogen) atoms. The Morgan fingerprint density at radius 3 is 2.83 bits per heavy atom. The van der Waals surface area contributed by atoms with Crippen LogP contribution in [-0.2, 0) is 9.53 Å². The maximum absolute atomic E-state index is 10.7. The Morgan fingerprint density at radius 2 is 2.33 bits per heavy atom. The lowest BCUT2D eigenvalue weighted by molar-refractivity contribution is -0.136. The number of aliphatic imine (C=N–C) groups is 1.